The van der Waals surface area contributed by atoms with Crippen LogP contribution < -0.4 is 4.74 Å². The van der Waals surface area contributed by atoms with E-state index >= 15 is 0 Å². The van der Waals surface area contributed by atoms with Crippen molar-refractivity contribution in [1.29, 1.82) is 0 Å². The van der Waals surface area contributed by atoms with Gasteiger partial charge in [0.1, 0.15) is 5.75 Å². The van der Waals surface area contributed by atoms with Crippen LogP contribution in [0.25, 0.3) is 0 Å². The average Bonchev–Trinajstić information content (AvgIpc) is 2.57. The van der Waals surface area contributed by atoms with E-state index in [2.05, 4.69) is 6.92 Å². The van der Waals surface area contributed by atoms with Crippen LogP contribution in [-0.4, -0.2) is 18.5 Å². The summed E-state index contributed by atoms with van der Waals surface area (Å²) in [5.41, 5.74) is 0. The van der Waals surface area contributed by atoms with Crippen LogP contribution in [0.2, 0.25) is 5.02 Å². The molecule has 0 saturated heterocycles. The van der Waals surface area contributed by atoms with Gasteiger partial charge in [-0.3, -0.25) is 0 Å². The van der Waals surface area contributed by atoms with E-state index in [4.69, 9.17) is 21.1 Å². The summed E-state index contributed by atoms with van der Waals surface area (Å²) in [4.78, 5) is 23.1. The molecule has 24 heavy (non-hydrogen) atoms. The molecule has 1 aromatic carbocycles. The van der Waals surface area contributed by atoms with Crippen molar-refractivity contribution in [3.63, 3.8) is 0 Å². The van der Waals surface area contributed by atoms with Gasteiger partial charge in [0.2, 0.25) is 0 Å². The summed E-state index contributed by atoms with van der Waals surface area (Å²) in [5.74, 6) is -0.960. The van der Waals surface area contributed by atoms with Crippen molar-refractivity contribution >= 4 is 23.5 Å². The summed E-state index contributed by atoms with van der Waals surface area (Å²) in [6.07, 6.45) is 10.2. The molecule has 0 aliphatic carbocycles. The number of benzene rings is 1. The number of halogens is 1. The largest absolute Gasteiger partial charge is 0.463 e. The molecule has 0 aliphatic heterocycles. The summed E-state index contributed by atoms with van der Waals surface area (Å²) in [7, 11) is 0. The molecule has 0 aromatic heterocycles. The minimum Gasteiger partial charge on any atom is -0.463 e. The van der Waals surface area contributed by atoms with Gasteiger partial charge in [-0.1, -0.05) is 69.2 Å². The Bertz CT molecular complexity index is 540. The molecule has 0 fully saturated rings. The van der Waals surface area contributed by atoms with Gasteiger partial charge in [-0.05, 0) is 18.6 Å². The number of para-hydroxylation sites is 1. The van der Waals surface area contributed by atoms with Gasteiger partial charge in [0.25, 0.3) is 0 Å². The first-order valence-electron chi connectivity index (χ1n) is 8.44. The Morgan fingerprint density at radius 2 is 1.58 bits per heavy atom. The molecule has 5 heteroatoms. The maximum atomic E-state index is 11.6. The topological polar surface area (TPSA) is 52.6 Å². The Balaban J connectivity index is 2.14. The first-order valence-corrected chi connectivity index (χ1v) is 8.82. The second kappa shape index (κ2) is 12.6. The van der Waals surface area contributed by atoms with Crippen molar-refractivity contribution < 1.29 is 19.1 Å². The van der Waals surface area contributed by atoms with E-state index in [1.54, 1.807) is 24.3 Å². The molecule has 0 bridgehead atoms. The lowest BCUT2D eigenvalue weighted by Crippen LogP contribution is -2.07. The molecular weight excluding hydrogens is 328 g/mol. The highest BCUT2D eigenvalue weighted by atomic mass is 35.5. The standard InChI is InChI=1S/C19H25ClO4/c1-2-3-4-5-6-7-10-15-23-18(21)13-14-19(22)24-17-12-9-8-11-16(17)20/h8-9,11-14H,2-7,10,15H2,1H3/b14-13+. The minimum absolute atomic E-state index is 0.255. The smallest absolute Gasteiger partial charge is 0.336 e. The Hall–Kier alpha value is -1.81. The SMILES string of the molecule is CCCCCCCCCOC(=O)/C=C/C(=O)Oc1ccccc1Cl. The van der Waals surface area contributed by atoms with E-state index in [0.717, 1.165) is 31.4 Å². The molecule has 0 radical (unpaired) electrons. The molecule has 0 aliphatic rings. The van der Waals surface area contributed by atoms with Crippen LogP contribution in [0.15, 0.2) is 36.4 Å². The van der Waals surface area contributed by atoms with Crippen molar-refractivity contribution in [1.82, 2.24) is 0 Å². The second-order valence-corrected chi connectivity index (χ2v) is 5.88. The molecule has 0 atom stereocenters. The number of carbonyl (C=O) groups excluding carboxylic acids is 2. The number of unbranched alkanes of at least 4 members (excludes halogenated alkanes) is 6. The number of ether oxygens (including phenoxy) is 2. The summed E-state index contributed by atoms with van der Waals surface area (Å²) >= 11 is 5.88. The molecule has 0 heterocycles. The molecule has 1 aromatic rings. The van der Waals surface area contributed by atoms with Crippen LogP contribution in [0.5, 0.6) is 5.75 Å². The zero-order valence-corrected chi connectivity index (χ0v) is 14.9. The molecule has 132 valence electrons. The fourth-order valence-corrected chi connectivity index (χ4v) is 2.26. The third-order valence-electron chi connectivity index (χ3n) is 3.39. The van der Waals surface area contributed by atoms with Crippen LogP contribution in [0, 0.1) is 0 Å². The van der Waals surface area contributed by atoms with Crippen LogP contribution in [-0.2, 0) is 14.3 Å². The van der Waals surface area contributed by atoms with E-state index in [-0.39, 0.29) is 5.75 Å². The normalized spacial score (nSPS) is 10.8. The Morgan fingerprint density at radius 3 is 2.29 bits per heavy atom. The Morgan fingerprint density at radius 1 is 0.958 bits per heavy atom. The van der Waals surface area contributed by atoms with Gasteiger partial charge in [-0.15, -0.1) is 0 Å². The molecule has 0 saturated carbocycles. The van der Waals surface area contributed by atoms with Crippen molar-refractivity contribution in [2.45, 2.75) is 51.9 Å². The fraction of sp³-hybridized carbons (Fsp3) is 0.474. The first kappa shape index (κ1) is 20.2. The second-order valence-electron chi connectivity index (χ2n) is 5.47. The monoisotopic (exact) mass is 352 g/mol. The maximum absolute atomic E-state index is 11.6. The number of hydrogen-bond acceptors (Lipinski definition) is 4. The quantitative estimate of drug-likeness (QED) is 0.241. The van der Waals surface area contributed by atoms with Crippen molar-refractivity contribution in [3.8, 4) is 5.75 Å². The van der Waals surface area contributed by atoms with Gasteiger partial charge < -0.3 is 9.47 Å². The number of esters is 2. The molecule has 0 spiro atoms. The third-order valence-corrected chi connectivity index (χ3v) is 3.71. The van der Waals surface area contributed by atoms with Gasteiger partial charge in [0, 0.05) is 12.2 Å². The van der Waals surface area contributed by atoms with Gasteiger partial charge in [-0.25, -0.2) is 9.59 Å². The number of hydrogen-bond donors (Lipinski definition) is 0. The van der Waals surface area contributed by atoms with Crippen molar-refractivity contribution in [2.75, 3.05) is 6.61 Å². The van der Waals surface area contributed by atoms with Gasteiger partial charge in [0.05, 0.1) is 11.6 Å². The predicted molar refractivity (Wildman–Crippen MR) is 95.2 cm³/mol. The predicted octanol–water partition coefficient (Wildman–Crippen LogP) is 5.10. The lowest BCUT2D eigenvalue weighted by atomic mass is 10.1. The summed E-state index contributed by atoms with van der Waals surface area (Å²) < 4.78 is 10.1. The molecule has 4 nitrogen and oxygen atoms in total. The highest BCUT2D eigenvalue weighted by molar-refractivity contribution is 6.32. The maximum Gasteiger partial charge on any atom is 0.336 e. The molecule has 0 amide bonds. The fourth-order valence-electron chi connectivity index (χ4n) is 2.09. The highest BCUT2D eigenvalue weighted by Crippen LogP contribution is 2.23. The highest BCUT2D eigenvalue weighted by Gasteiger charge is 2.05. The van der Waals surface area contributed by atoms with E-state index in [1.165, 1.54) is 25.7 Å². The van der Waals surface area contributed by atoms with E-state index in [9.17, 15) is 9.59 Å². The van der Waals surface area contributed by atoms with Crippen LogP contribution in [0.1, 0.15) is 51.9 Å². The first-order chi connectivity index (χ1) is 11.6. The zero-order valence-electron chi connectivity index (χ0n) is 14.1. The number of rotatable bonds is 11. The average molecular weight is 353 g/mol. The summed E-state index contributed by atoms with van der Waals surface area (Å²) in [6.45, 7) is 2.56. The summed E-state index contributed by atoms with van der Waals surface area (Å²) in [5, 5.41) is 0.334. The van der Waals surface area contributed by atoms with Gasteiger partial charge in [0.15, 0.2) is 0 Å². The molecule has 0 N–H and O–H groups in total. The summed E-state index contributed by atoms with van der Waals surface area (Å²) in [6, 6.07) is 6.63. The molecule has 1 rings (SSSR count). The van der Waals surface area contributed by atoms with Gasteiger partial charge >= 0.3 is 11.9 Å². The van der Waals surface area contributed by atoms with E-state index in [0.29, 0.717) is 11.6 Å². The van der Waals surface area contributed by atoms with Crippen molar-refractivity contribution in [2.24, 2.45) is 0 Å². The molecule has 0 unspecified atom stereocenters. The Labute approximate surface area is 148 Å². The Kier molecular flexibility index (Phi) is 10.6. The number of carbonyl (C=O) groups is 2. The molecular formula is C19H25ClO4. The van der Waals surface area contributed by atoms with E-state index in [1.807, 2.05) is 0 Å². The lowest BCUT2D eigenvalue weighted by Gasteiger charge is -2.03. The van der Waals surface area contributed by atoms with Crippen LogP contribution >= 0.6 is 11.6 Å². The van der Waals surface area contributed by atoms with Crippen LogP contribution in [0.3, 0.4) is 0 Å². The minimum atomic E-state index is -0.670. The zero-order chi connectivity index (χ0) is 17.6. The van der Waals surface area contributed by atoms with E-state index < -0.39 is 11.9 Å². The van der Waals surface area contributed by atoms with Gasteiger partial charge in [-0.2, -0.15) is 0 Å². The lowest BCUT2D eigenvalue weighted by molar-refractivity contribution is -0.138. The van der Waals surface area contributed by atoms with Crippen molar-refractivity contribution in [3.05, 3.63) is 41.4 Å². The van der Waals surface area contributed by atoms with Crippen LogP contribution in [0.4, 0.5) is 0 Å². The third kappa shape index (κ3) is 9.36.